The van der Waals surface area contributed by atoms with Gasteiger partial charge in [0.15, 0.2) is 0 Å². The molecule has 7 heteroatoms. The van der Waals surface area contributed by atoms with Crippen molar-refractivity contribution in [3.63, 3.8) is 0 Å². The van der Waals surface area contributed by atoms with Crippen LogP contribution in [0.15, 0.2) is 0 Å². The molecule has 1 saturated carbocycles. The molecule has 5 unspecified atom stereocenters. The number of hydrogen-bond donors (Lipinski definition) is 0. The molecule has 0 N–H and O–H groups in total. The molecule has 2 rings (SSSR count). The highest BCUT2D eigenvalue weighted by Gasteiger charge is 2.50. The summed E-state index contributed by atoms with van der Waals surface area (Å²) in [7, 11) is 0. The maximum Gasteiger partial charge on any atom is 0.490 e. The predicted octanol–water partition coefficient (Wildman–Crippen LogP) is 3.49. The van der Waals surface area contributed by atoms with Crippen LogP contribution in [-0.2, 0) is 19.1 Å². The van der Waals surface area contributed by atoms with Crippen molar-refractivity contribution in [2.45, 2.75) is 58.2 Å². The molecule has 0 aromatic heterocycles. The summed E-state index contributed by atoms with van der Waals surface area (Å²) in [5, 5.41) is 0. The highest BCUT2D eigenvalue weighted by atomic mass is 19.4. The van der Waals surface area contributed by atoms with E-state index in [-0.39, 0.29) is 18.4 Å². The van der Waals surface area contributed by atoms with Crippen LogP contribution in [0.2, 0.25) is 0 Å². The first-order valence-electron chi connectivity index (χ1n) is 8.22. The number of cyclic esters (lactones) is 1. The number of rotatable bonds is 5. The third-order valence-corrected chi connectivity index (χ3v) is 5.22. The van der Waals surface area contributed by atoms with Crippen molar-refractivity contribution in [1.82, 2.24) is 0 Å². The summed E-state index contributed by atoms with van der Waals surface area (Å²) in [6, 6.07) is 0. The Kier molecular flexibility index (Phi) is 5.57. The van der Waals surface area contributed by atoms with Gasteiger partial charge >= 0.3 is 18.1 Å². The third-order valence-electron chi connectivity index (χ3n) is 5.22. The largest absolute Gasteiger partial charge is 0.490 e. The molecule has 23 heavy (non-hydrogen) atoms. The first kappa shape index (κ1) is 18.1. The second kappa shape index (κ2) is 7.09. The fourth-order valence-corrected chi connectivity index (χ4v) is 3.95. The minimum Gasteiger partial charge on any atom is -0.465 e. The van der Waals surface area contributed by atoms with Gasteiger partial charge in [-0.1, -0.05) is 26.7 Å². The molecule has 1 aliphatic heterocycles. The molecule has 1 heterocycles. The number of esters is 2. The zero-order valence-corrected chi connectivity index (χ0v) is 13.4. The average Bonchev–Trinajstić information content (AvgIpc) is 3.09. The fraction of sp³-hybridized carbons (Fsp3) is 0.875. The van der Waals surface area contributed by atoms with Crippen molar-refractivity contribution in [2.75, 3.05) is 6.61 Å². The molecule has 1 aliphatic carbocycles. The van der Waals surface area contributed by atoms with E-state index in [0.717, 1.165) is 19.3 Å². The minimum absolute atomic E-state index is 0.166. The number of halogens is 3. The van der Waals surface area contributed by atoms with E-state index in [1.165, 1.54) is 0 Å². The van der Waals surface area contributed by atoms with Crippen LogP contribution >= 0.6 is 0 Å². The van der Waals surface area contributed by atoms with Crippen molar-refractivity contribution in [1.29, 1.82) is 0 Å². The van der Waals surface area contributed by atoms with Crippen LogP contribution in [0.25, 0.3) is 0 Å². The molecule has 0 radical (unpaired) electrons. The average molecular weight is 336 g/mol. The topological polar surface area (TPSA) is 52.6 Å². The Bertz CT molecular complexity index is 449. The van der Waals surface area contributed by atoms with Gasteiger partial charge in [0.05, 0.1) is 12.5 Å². The second-order valence-corrected chi connectivity index (χ2v) is 6.51. The molecule has 4 nitrogen and oxygen atoms in total. The van der Waals surface area contributed by atoms with E-state index in [1.807, 2.05) is 13.8 Å². The van der Waals surface area contributed by atoms with Gasteiger partial charge in [-0.15, -0.1) is 0 Å². The molecule has 2 fully saturated rings. The Morgan fingerprint density at radius 1 is 1.30 bits per heavy atom. The van der Waals surface area contributed by atoms with E-state index < -0.39 is 30.1 Å². The molecule has 1 saturated heterocycles. The normalized spacial score (nSPS) is 32.7. The summed E-state index contributed by atoms with van der Waals surface area (Å²) in [4.78, 5) is 23.2. The molecule has 2 aliphatic rings. The highest BCUT2D eigenvalue weighted by molar-refractivity contribution is 5.78. The third kappa shape index (κ3) is 3.98. The lowest BCUT2D eigenvalue weighted by atomic mass is 9.82. The van der Waals surface area contributed by atoms with Crippen LogP contribution in [0.1, 0.15) is 46.0 Å². The monoisotopic (exact) mass is 336 g/mol. The first-order chi connectivity index (χ1) is 10.8. The van der Waals surface area contributed by atoms with Gasteiger partial charge in [0, 0.05) is 0 Å². The molecule has 0 aromatic rings. The van der Waals surface area contributed by atoms with Gasteiger partial charge in [-0.05, 0) is 37.0 Å². The van der Waals surface area contributed by atoms with Crippen LogP contribution in [0, 0.1) is 23.7 Å². The number of alkyl halides is 3. The van der Waals surface area contributed by atoms with E-state index in [9.17, 15) is 22.8 Å². The molecule has 0 aromatic carbocycles. The van der Waals surface area contributed by atoms with Crippen molar-refractivity contribution < 1.29 is 32.2 Å². The van der Waals surface area contributed by atoms with Crippen LogP contribution in [0.3, 0.4) is 0 Å². The zero-order valence-electron chi connectivity index (χ0n) is 13.4. The van der Waals surface area contributed by atoms with Crippen LogP contribution in [0.4, 0.5) is 13.2 Å². The van der Waals surface area contributed by atoms with Crippen molar-refractivity contribution in [3.8, 4) is 0 Å². The first-order valence-corrected chi connectivity index (χ1v) is 8.22. The highest BCUT2D eigenvalue weighted by Crippen LogP contribution is 2.45. The van der Waals surface area contributed by atoms with Gasteiger partial charge in [-0.25, -0.2) is 4.79 Å². The lowest BCUT2D eigenvalue weighted by Gasteiger charge is -2.31. The fourth-order valence-electron chi connectivity index (χ4n) is 3.95. The van der Waals surface area contributed by atoms with Crippen LogP contribution < -0.4 is 0 Å². The minimum atomic E-state index is -5.05. The lowest BCUT2D eigenvalue weighted by Crippen LogP contribution is -2.41. The number of carbonyl (C=O) groups is 2. The quantitative estimate of drug-likeness (QED) is 0.721. The van der Waals surface area contributed by atoms with E-state index >= 15 is 0 Å². The van der Waals surface area contributed by atoms with Gasteiger partial charge in [0.2, 0.25) is 0 Å². The van der Waals surface area contributed by atoms with Gasteiger partial charge in [-0.2, -0.15) is 13.2 Å². The van der Waals surface area contributed by atoms with Crippen molar-refractivity contribution in [3.05, 3.63) is 0 Å². The maximum atomic E-state index is 12.6. The van der Waals surface area contributed by atoms with Crippen molar-refractivity contribution in [2.24, 2.45) is 23.7 Å². The predicted molar refractivity (Wildman–Crippen MR) is 75.3 cm³/mol. The molecule has 0 spiro atoms. The van der Waals surface area contributed by atoms with Gasteiger partial charge in [-0.3, -0.25) is 4.79 Å². The molecule has 5 atom stereocenters. The Morgan fingerprint density at radius 2 is 2.00 bits per heavy atom. The summed E-state index contributed by atoms with van der Waals surface area (Å²) < 4.78 is 47.5. The number of hydrogen-bond acceptors (Lipinski definition) is 4. The Labute approximate surface area is 133 Å². The maximum absolute atomic E-state index is 12.6. The SMILES string of the molecule is CCC1CC(CC)C(C(OC(=O)C(F)(F)F)C2CCOC2=O)C1. The van der Waals surface area contributed by atoms with Gasteiger partial charge in [0.1, 0.15) is 6.10 Å². The lowest BCUT2D eigenvalue weighted by molar-refractivity contribution is -0.211. The molecular weight excluding hydrogens is 313 g/mol. The molecule has 0 amide bonds. The number of ether oxygens (including phenoxy) is 2. The van der Waals surface area contributed by atoms with E-state index in [1.54, 1.807) is 0 Å². The van der Waals surface area contributed by atoms with E-state index in [4.69, 9.17) is 9.47 Å². The summed E-state index contributed by atoms with van der Waals surface area (Å²) in [5.74, 6) is -3.20. The second-order valence-electron chi connectivity index (χ2n) is 6.51. The standard InChI is InChI=1S/C16H23F3O4/c1-3-9-7-10(4-2)12(8-9)13(11-5-6-22-14(11)20)23-15(21)16(17,18)19/h9-13H,3-8H2,1-2H3. The summed E-state index contributed by atoms with van der Waals surface area (Å²) in [6.45, 7) is 4.19. The van der Waals surface area contributed by atoms with E-state index in [0.29, 0.717) is 18.8 Å². The van der Waals surface area contributed by atoms with Crippen LogP contribution in [-0.4, -0.2) is 30.8 Å². The van der Waals surface area contributed by atoms with Gasteiger partial charge < -0.3 is 9.47 Å². The Hall–Kier alpha value is -1.27. The van der Waals surface area contributed by atoms with Gasteiger partial charge in [0.25, 0.3) is 0 Å². The molecular formula is C16H23F3O4. The smallest absolute Gasteiger partial charge is 0.465 e. The Balaban J connectivity index is 2.22. The molecule has 0 bridgehead atoms. The molecule has 132 valence electrons. The van der Waals surface area contributed by atoms with E-state index in [2.05, 4.69) is 0 Å². The van der Waals surface area contributed by atoms with Crippen LogP contribution in [0.5, 0.6) is 0 Å². The Morgan fingerprint density at radius 3 is 2.48 bits per heavy atom. The zero-order chi connectivity index (χ0) is 17.2. The summed E-state index contributed by atoms with van der Waals surface area (Å²) in [5.41, 5.74) is 0. The summed E-state index contributed by atoms with van der Waals surface area (Å²) in [6.07, 6.45) is -2.47. The summed E-state index contributed by atoms with van der Waals surface area (Å²) >= 11 is 0. The number of carbonyl (C=O) groups excluding carboxylic acids is 2. The van der Waals surface area contributed by atoms with Crippen molar-refractivity contribution >= 4 is 11.9 Å².